The van der Waals surface area contributed by atoms with Gasteiger partial charge in [0.15, 0.2) is 0 Å². The number of hydrogen-bond acceptors (Lipinski definition) is 5. The van der Waals surface area contributed by atoms with Crippen LogP contribution in [-0.2, 0) is 4.79 Å². The molecule has 0 saturated carbocycles. The van der Waals surface area contributed by atoms with E-state index in [1.807, 2.05) is 0 Å². The monoisotopic (exact) mass is 261 g/mol. The van der Waals surface area contributed by atoms with Crippen LogP contribution < -0.4 is 5.32 Å². The Kier molecular flexibility index (Phi) is 3.98. The second kappa shape index (κ2) is 4.88. The van der Waals surface area contributed by atoms with Crippen LogP contribution in [0.3, 0.4) is 0 Å². The van der Waals surface area contributed by atoms with Crippen molar-refractivity contribution in [2.45, 2.75) is 24.6 Å². The second-order valence-corrected chi connectivity index (χ2v) is 5.34. The molecule has 0 fully saturated rings. The van der Waals surface area contributed by atoms with E-state index < -0.39 is 16.8 Å². The van der Waals surface area contributed by atoms with Gasteiger partial charge in [-0.15, -0.1) is 0 Å². The summed E-state index contributed by atoms with van der Waals surface area (Å²) in [5.41, 5.74) is 0. The molecule has 1 aromatic rings. The van der Waals surface area contributed by atoms with E-state index >= 15 is 0 Å². The summed E-state index contributed by atoms with van der Waals surface area (Å²) in [4.78, 5) is 18.6. The van der Waals surface area contributed by atoms with Crippen molar-refractivity contribution in [3.05, 3.63) is 17.5 Å². The molecule has 0 aromatic carbocycles. The molecule has 7 heteroatoms. The molecule has 0 unspecified atom stereocenters. The Morgan fingerprint density at radius 2 is 2.25 bits per heavy atom. The number of nitrogens with one attached hydrogen (secondary N) is 1. The topological polar surface area (TPSA) is 75.1 Å². The molecule has 88 valence electrons. The fraction of sp³-hybridized carbons (Fsp3) is 0.444. The Morgan fingerprint density at radius 1 is 1.62 bits per heavy atom. The van der Waals surface area contributed by atoms with Gasteiger partial charge in [-0.3, -0.25) is 0 Å². The first kappa shape index (κ1) is 13.1. The minimum Gasteiger partial charge on any atom is -0.480 e. The highest BCUT2D eigenvalue weighted by Gasteiger charge is 2.32. The second-order valence-electron chi connectivity index (χ2n) is 3.80. The molecular formula is C9H12ClN3O2S. The van der Waals surface area contributed by atoms with E-state index in [1.54, 1.807) is 13.8 Å². The summed E-state index contributed by atoms with van der Waals surface area (Å²) in [6.45, 7) is 3.40. The molecule has 2 N–H and O–H groups in total. The smallest absolute Gasteiger partial charge is 0.327 e. The minimum absolute atomic E-state index is 0.249. The molecule has 0 spiro atoms. The van der Waals surface area contributed by atoms with Gasteiger partial charge in [-0.1, -0.05) is 11.6 Å². The lowest BCUT2D eigenvalue weighted by atomic mass is 10.0. The van der Waals surface area contributed by atoms with E-state index in [4.69, 9.17) is 16.7 Å². The van der Waals surface area contributed by atoms with Crippen molar-refractivity contribution in [3.63, 3.8) is 0 Å². The van der Waals surface area contributed by atoms with Gasteiger partial charge in [0.1, 0.15) is 23.3 Å². The zero-order chi connectivity index (χ0) is 12.3. The Morgan fingerprint density at radius 3 is 2.69 bits per heavy atom. The Bertz CT molecular complexity index is 395. The van der Waals surface area contributed by atoms with Gasteiger partial charge in [-0.2, -0.15) is 12.6 Å². The number of anilines is 1. The van der Waals surface area contributed by atoms with E-state index in [2.05, 4.69) is 27.9 Å². The summed E-state index contributed by atoms with van der Waals surface area (Å²) >= 11 is 9.89. The van der Waals surface area contributed by atoms with Gasteiger partial charge in [0.2, 0.25) is 0 Å². The van der Waals surface area contributed by atoms with E-state index in [1.165, 1.54) is 12.4 Å². The summed E-state index contributed by atoms with van der Waals surface area (Å²) in [6.07, 6.45) is 1.26. The SMILES string of the molecule is CC(C)(S)[C@H](Nc1cc(Cl)ncn1)C(=O)O. The molecule has 16 heavy (non-hydrogen) atoms. The molecule has 0 amide bonds. The number of carboxylic acids is 1. The van der Waals surface area contributed by atoms with Crippen LogP contribution in [0.25, 0.3) is 0 Å². The van der Waals surface area contributed by atoms with Crippen LogP contribution in [0.5, 0.6) is 0 Å². The molecule has 0 bridgehead atoms. The predicted molar refractivity (Wildman–Crippen MR) is 65.2 cm³/mol. The number of rotatable bonds is 4. The number of nitrogens with zero attached hydrogens (tertiary/aromatic N) is 2. The van der Waals surface area contributed by atoms with Crippen molar-refractivity contribution in [2.75, 3.05) is 5.32 Å². The van der Waals surface area contributed by atoms with Crippen molar-refractivity contribution in [1.82, 2.24) is 9.97 Å². The predicted octanol–water partition coefficient (Wildman–Crippen LogP) is 1.70. The quantitative estimate of drug-likeness (QED) is 0.568. The van der Waals surface area contributed by atoms with Gasteiger partial charge >= 0.3 is 5.97 Å². The molecule has 5 nitrogen and oxygen atoms in total. The number of carboxylic acid groups (broad SMARTS) is 1. The normalized spacial score (nSPS) is 13.2. The molecule has 1 rings (SSSR count). The number of carbonyl (C=O) groups is 1. The maximum atomic E-state index is 11.0. The lowest BCUT2D eigenvalue weighted by Crippen LogP contribution is -2.44. The first-order valence-corrected chi connectivity index (χ1v) is 5.32. The van der Waals surface area contributed by atoms with Crippen LogP contribution in [0, 0.1) is 0 Å². The van der Waals surface area contributed by atoms with Crippen LogP contribution in [0.1, 0.15) is 13.8 Å². The van der Waals surface area contributed by atoms with Crippen LogP contribution >= 0.6 is 24.2 Å². The molecule has 0 aliphatic heterocycles. The third-order valence-corrected chi connectivity index (χ3v) is 2.34. The van der Waals surface area contributed by atoms with Crippen molar-refractivity contribution in [3.8, 4) is 0 Å². The molecular weight excluding hydrogens is 250 g/mol. The maximum absolute atomic E-state index is 11.0. The largest absolute Gasteiger partial charge is 0.480 e. The van der Waals surface area contributed by atoms with Crippen molar-refractivity contribution in [2.24, 2.45) is 0 Å². The molecule has 0 aliphatic rings. The van der Waals surface area contributed by atoms with Gasteiger partial charge in [-0.05, 0) is 13.8 Å². The first-order valence-electron chi connectivity index (χ1n) is 4.50. The van der Waals surface area contributed by atoms with E-state index in [9.17, 15) is 4.79 Å². The van der Waals surface area contributed by atoms with Gasteiger partial charge in [-0.25, -0.2) is 14.8 Å². The highest BCUT2D eigenvalue weighted by molar-refractivity contribution is 7.81. The van der Waals surface area contributed by atoms with E-state index in [0.29, 0.717) is 5.82 Å². The highest BCUT2D eigenvalue weighted by Crippen LogP contribution is 2.21. The molecule has 1 atom stereocenters. The third kappa shape index (κ3) is 3.53. The molecule has 1 heterocycles. The third-order valence-electron chi connectivity index (χ3n) is 1.88. The molecule has 0 radical (unpaired) electrons. The van der Waals surface area contributed by atoms with Crippen molar-refractivity contribution >= 4 is 36.0 Å². The van der Waals surface area contributed by atoms with E-state index in [-0.39, 0.29) is 5.15 Å². The number of hydrogen-bond donors (Lipinski definition) is 3. The standard InChI is InChI=1S/C9H12ClN3O2S/c1-9(2,16)7(8(14)15)13-6-3-5(10)11-4-12-6/h3-4,7,16H,1-2H3,(H,14,15)(H,11,12,13)/t7-/m1/s1. The molecule has 0 aliphatic carbocycles. The van der Waals surface area contributed by atoms with Crippen LogP contribution in [-0.4, -0.2) is 31.8 Å². The number of aromatic nitrogens is 2. The summed E-state index contributed by atoms with van der Waals surface area (Å²) in [5.74, 6) is -0.649. The summed E-state index contributed by atoms with van der Waals surface area (Å²) in [5, 5.41) is 12.0. The number of halogens is 1. The average Bonchev–Trinajstić information content (AvgIpc) is 2.12. The molecule has 0 saturated heterocycles. The lowest BCUT2D eigenvalue weighted by molar-refractivity contribution is -0.138. The number of thiol groups is 1. The Labute approximate surface area is 104 Å². The van der Waals surface area contributed by atoms with Gasteiger partial charge in [0, 0.05) is 10.8 Å². The van der Waals surface area contributed by atoms with Crippen LogP contribution in [0.15, 0.2) is 12.4 Å². The lowest BCUT2D eigenvalue weighted by Gasteiger charge is -2.27. The Balaban J connectivity index is 2.89. The van der Waals surface area contributed by atoms with Crippen LogP contribution in [0.2, 0.25) is 5.15 Å². The summed E-state index contributed by atoms with van der Waals surface area (Å²) in [7, 11) is 0. The fourth-order valence-corrected chi connectivity index (χ4v) is 1.42. The molecule has 1 aromatic heterocycles. The van der Waals surface area contributed by atoms with Crippen LogP contribution in [0.4, 0.5) is 5.82 Å². The van der Waals surface area contributed by atoms with Gasteiger partial charge in [0.25, 0.3) is 0 Å². The highest BCUT2D eigenvalue weighted by atomic mass is 35.5. The summed E-state index contributed by atoms with van der Waals surface area (Å²) in [6, 6.07) is 0.582. The fourth-order valence-electron chi connectivity index (χ4n) is 1.10. The van der Waals surface area contributed by atoms with Gasteiger partial charge < -0.3 is 10.4 Å². The maximum Gasteiger partial charge on any atom is 0.327 e. The Hall–Kier alpha value is -1.01. The first-order chi connectivity index (χ1) is 7.30. The zero-order valence-corrected chi connectivity index (χ0v) is 10.5. The van der Waals surface area contributed by atoms with Gasteiger partial charge in [0.05, 0.1) is 0 Å². The van der Waals surface area contributed by atoms with Crippen molar-refractivity contribution in [1.29, 1.82) is 0 Å². The number of aliphatic carboxylic acids is 1. The van der Waals surface area contributed by atoms with Crippen molar-refractivity contribution < 1.29 is 9.90 Å². The average molecular weight is 262 g/mol. The van der Waals surface area contributed by atoms with E-state index in [0.717, 1.165) is 0 Å². The zero-order valence-electron chi connectivity index (χ0n) is 8.81. The minimum atomic E-state index is -1.00. The summed E-state index contributed by atoms with van der Waals surface area (Å²) < 4.78 is -0.733.